The van der Waals surface area contributed by atoms with Gasteiger partial charge in [-0.25, -0.2) is 14.4 Å². The molecule has 0 saturated carbocycles. The van der Waals surface area contributed by atoms with Crippen molar-refractivity contribution in [1.82, 2.24) is 15.3 Å². The van der Waals surface area contributed by atoms with Crippen LogP contribution in [-0.4, -0.2) is 9.97 Å². The van der Waals surface area contributed by atoms with Gasteiger partial charge in [0.1, 0.15) is 17.5 Å². The van der Waals surface area contributed by atoms with Gasteiger partial charge in [0.05, 0.1) is 6.54 Å². The van der Waals surface area contributed by atoms with Crippen molar-refractivity contribution in [3.8, 4) is 0 Å². The van der Waals surface area contributed by atoms with Gasteiger partial charge in [0.2, 0.25) is 0 Å². The predicted molar refractivity (Wildman–Crippen MR) is 63.4 cm³/mol. The topological polar surface area (TPSA) is 63.8 Å². The fraction of sp³-hybridized carbons (Fsp3) is 0.167. The van der Waals surface area contributed by atoms with Gasteiger partial charge in [-0.3, -0.25) is 0 Å². The Morgan fingerprint density at radius 1 is 1.12 bits per heavy atom. The normalized spacial score (nSPS) is 10.4. The molecule has 88 valence electrons. The number of hydrogen-bond acceptors (Lipinski definition) is 4. The number of nitrogens with one attached hydrogen (secondary N) is 1. The number of nitrogen functional groups attached to an aromatic ring is 1. The van der Waals surface area contributed by atoms with E-state index in [1.807, 2.05) is 0 Å². The highest BCUT2D eigenvalue weighted by molar-refractivity contribution is 5.25. The predicted octanol–water partition coefficient (Wildman–Crippen LogP) is 1.49. The highest BCUT2D eigenvalue weighted by Crippen LogP contribution is 2.02. The van der Waals surface area contributed by atoms with Gasteiger partial charge < -0.3 is 11.1 Å². The molecule has 1 aromatic heterocycles. The SMILES string of the molecule is Nc1ccnc(CNCc2ccc(F)cc2)n1. The van der Waals surface area contributed by atoms with Gasteiger partial charge in [0.25, 0.3) is 0 Å². The molecule has 1 heterocycles. The maximum Gasteiger partial charge on any atom is 0.144 e. The van der Waals surface area contributed by atoms with Crippen LogP contribution in [0.1, 0.15) is 11.4 Å². The summed E-state index contributed by atoms with van der Waals surface area (Å²) >= 11 is 0. The third kappa shape index (κ3) is 3.49. The van der Waals surface area contributed by atoms with E-state index in [-0.39, 0.29) is 5.82 Å². The first kappa shape index (κ1) is 11.5. The summed E-state index contributed by atoms with van der Waals surface area (Å²) in [6, 6.07) is 8.00. The van der Waals surface area contributed by atoms with Crippen LogP contribution in [0.25, 0.3) is 0 Å². The summed E-state index contributed by atoms with van der Waals surface area (Å²) in [6.07, 6.45) is 1.62. The van der Waals surface area contributed by atoms with Gasteiger partial charge in [-0.2, -0.15) is 0 Å². The minimum Gasteiger partial charge on any atom is -0.384 e. The van der Waals surface area contributed by atoms with Crippen molar-refractivity contribution in [2.75, 3.05) is 5.73 Å². The van der Waals surface area contributed by atoms with E-state index in [0.29, 0.717) is 24.7 Å². The second kappa shape index (κ2) is 5.36. The Kier molecular flexibility index (Phi) is 3.62. The largest absolute Gasteiger partial charge is 0.384 e. The molecule has 3 N–H and O–H groups in total. The first-order chi connectivity index (χ1) is 8.24. The number of nitrogens with zero attached hydrogens (tertiary/aromatic N) is 2. The average Bonchev–Trinajstić information content (AvgIpc) is 2.32. The van der Waals surface area contributed by atoms with Crippen LogP contribution in [0.2, 0.25) is 0 Å². The van der Waals surface area contributed by atoms with E-state index < -0.39 is 0 Å². The van der Waals surface area contributed by atoms with E-state index in [1.165, 1.54) is 12.1 Å². The van der Waals surface area contributed by atoms with E-state index >= 15 is 0 Å². The molecular weight excluding hydrogens is 219 g/mol. The molecule has 0 fully saturated rings. The molecule has 0 atom stereocenters. The number of nitrogens with two attached hydrogens (primary N) is 1. The lowest BCUT2D eigenvalue weighted by atomic mass is 10.2. The monoisotopic (exact) mass is 232 g/mol. The molecule has 1 aromatic carbocycles. The highest BCUT2D eigenvalue weighted by Gasteiger charge is 1.97. The van der Waals surface area contributed by atoms with Crippen LogP contribution in [0.5, 0.6) is 0 Å². The molecule has 2 rings (SSSR count). The van der Waals surface area contributed by atoms with Crippen molar-refractivity contribution < 1.29 is 4.39 Å². The molecular formula is C12H13FN4. The molecule has 2 aromatic rings. The lowest BCUT2D eigenvalue weighted by molar-refractivity contribution is 0.623. The van der Waals surface area contributed by atoms with Crippen molar-refractivity contribution in [2.24, 2.45) is 0 Å². The lowest BCUT2D eigenvalue weighted by Gasteiger charge is -2.04. The van der Waals surface area contributed by atoms with E-state index in [9.17, 15) is 4.39 Å². The molecule has 0 aliphatic heterocycles. The van der Waals surface area contributed by atoms with Crippen molar-refractivity contribution in [1.29, 1.82) is 0 Å². The minimum atomic E-state index is -0.229. The molecule has 0 saturated heterocycles. The quantitative estimate of drug-likeness (QED) is 0.838. The van der Waals surface area contributed by atoms with Crippen LogP contribution in [0.4, 0.5) is 10.2 Å². The van der Waals surface area contributed by atoms with Gasteiger partial charge >= 0.3 is 0 Å². The zero-order chi connectivity index (χ0) is 12.1. The van der Waals surface area contributed by atoms with Crippen LogP contribution in [0.15, 0.2) is 36.5 Å². The third-order valence-electron chi connectivity index (χ3n) is 2.25. The number of rotatable bonds is 4. The molecule has 0 unspecified atom stereocenters. The third-order valence-corrected chi connectivity index (χ3v) is 2.25. The molecule has 0 bridgehead atoms. The standard InChI is InChI=1S/C12H13FN4/c13-10-3-1-9(2-4-10)7-15-8-12-16-6-5-11(14)17-12/h1-6,15H,7-8H2,(H2,14,16,17). The summed E-state index contributed by atoms with van der Waals surface area (Å²) in [4.78, 5) is 8.13. The van der Waals surface area contributed by atoms with Crippen LogP contribution in [0.3, 0.4) is 0 Å². The van der Waals surface area contributed by atoms with Crippen molar-refractivity contribution in [2.45, 2.75) is 13.1 Å². The van der Waals surface area contributed by atoms with Gasteiger partial charge in [-0.15, -0.1) is 0 Å². The van der Waals surface area contributed by atoms with Gasteiger partial charge in [-0.1, -0.05) is 12.1 Å². The van der Waals surface area contributed by atoms with Crippen LogP contribution in [0, 0.1) is 5.82 Å². The Balaban J connectivity index is 1.85. The Labute approximate surface area is 98.7 Å². The molecule has 5 heteroatoms. The molecule has 0 spiro atoms. The summed E-state index contributed by atoms with van der Waals surface area (Å²) in [5, 5.41) is 3.16. The average molecular weight is 232 g/mol. The van der Waals surface area contributed by atoms with Crippen molar-refractivity contribution in [3.05, 3.63) is 53.7 Å². The molecule has 17 heavy (non-hydrogen) atoms. The first-order valence-electron chi connectivity index (χ1n) is 5.26. The van der Waals surface area contributed by atoms with Gasteiger partial charge in [-0.05, 0) is 23.8 Å². The summed E-state index contributed by atoms with van der Waals surface area (Å²) in [5.41, 5.74) is 6.55. The molecule has 0 aliphatic rings. The highest BCUT2D eigenvalue weighted by atomic mass is 19.1. The van der Waals surface area contributed by atoms with E-state index in [2.05, 4.69) is 15.3 Å². The Morgan fingerprint density at radius 3 is 2.59 bits per heavy atom. The van der Waals surface area contributed by atoms with Gasteiger partial charge in [0, 0.05) is 12.7 Å². The zero-order valence-electron chi connectivity index (χ0n) is 9.23. The number of halogens is 1. The minimum absolute atomic E-state index is 0.229. The number of anilines is 1. The second-order valence-electron chi connectivity index (χ2n) is 3.63. The smallest absolute Gasteiger partial charge is 0.144 e. The molecule has 0 radical (unpaired) electrons. The fourth-order valence-corrected chi connectivity index (χ4v) is 1.42. The number of benzene rings is 1. The summed E-state index contributed by atoms with van der Waals surface area (Å²) < 4.78 is 12.7. The van der Waals surface area contributed by atoms with Crippen molar-refractivity contribution in [3.63, 3.8) is 0 Å². The summed E-state index contributed by atoms with van der Waals surface area (Å²) in [5.74, 6) is 0.874. The maximum atomic E-state index is 12.7. The lowest BCUT2D eigenvalue weighted by Crippen LogP contribution is -2.15. The molecule has 0 aliphatic carbocycles. The number of aromatic nitrogens is 2. The van der Waals surface area contributed by atoms with Crippen molar-refractivity contribution >= 4 is 5.82 Å². The Bertz CT molecular complexity index is 484. The van der Waals surface area contributed by atoms with Gasteiger partial charge in [0.15, 0.2) is 0 Å². The second-order valence-corrected chi connectivity index (χ2v) is 3.63. The van der Waals surface area contributed by atoms with E-state index in [1.54, 1.807) is 24.4 Å². The van der Waals surface area contributed by atoms with E-state index in [0.717, 1.165) is 5.56 Å². The van der Waals surface area contributed by atoms with E-state index in [4.69, 9.17) is 5.73 Å². The summed E-state index contributed by atoms with van der Waals surface area (Å²) in [6.45, 7) is 1.17. The maximum absolute atomic E-state index is 12.7. The van der Waals surface area contributed by atoms with Crippen LogP contribution in [-0.2, 0) is 13.1 Å². The zero-order valence-corrected chi connectivity index (χ0v) is 9.23. The fourth-order valence-electron chi connectivity index (χ4n) is 1.42. The Morgan fingerprint density at radius 2 is 1.88 bits per heavy atom. The molecule has 4 nitrogen and oxygen atoms in total. The number of hydrogen-bond donors (Lipinski definition) is 2. The molecule has 0 amide bonds. The van der Waals surface area contributed by atoms with Crippen LogP contribution < -0.4 is 11.1 Å². The summed E-state index contributed by atoms with van der Waals surface area (Å²) in [7, 11) is 0. The first-order valence-corrected chi connectivity index (χ1v) is 5.26. The Hall–Kier alpha value is -2.01. The van der Waals surface area contributed by atoms with Crippen LogP contribution >= 0.6 is 0 Å².